The van der Waals surface area contributed by atoms with Crippen LogP contribution in [0, 0.1) is 0 Å². The number of morpholine rings is 1. The minimum Gasteiger partial charge on any atom is -0.374 e. The fourth-order valence-electron chi connectivity index (χ4n) is 4.95. The Morgan fingerprint density at radius 3 is 2.81 bits per heavy atom. The molecule has 2 fully saturated rings. The number of fused-ring (bicyclic) bond motifs is 3. The smallest absolute Gasteiger partial charge is 0.229 e. The van der Waals surface area contributed by atoms with Gasteiger partial charge in [-0.25, -0.2) is 9.97 Å². The Morgan fingerprint density at radius 2 is 2.06 bits per heavy atom. The molecule has 2 atom stereocenters. The van der Waals surface area contributed by atoms with E-state index in [0.717, 1.165) is 67.7 Å². The Morgan fingerprint density at radius 1 is 1.19 bits per heavy atom. The Bertz CT molecular complexity index is 1110. The number of hydrogen-bond acceptors (Lipinski definition) is 8. The monoisotopic (exact) mass is 432 g/mol. The maximum Gasteiger partial charge on any atom is 0.229 e. The summed E-state index contributed by atoms with van der Waals surface area (Å²) in [7, 11) is 4.05. The van der Waals surface area contributed by atoms with E-state index in [4.69, 9.17) is 9.72 Å². The standard InChI is InChI=1S/C23H28N8O/c1-29(2)21-10-24-23(28-22(21)30-8-7-19-20(12-30)26-14-25-19)27-15-3-5-16(6-4-15)31-11-18-9-17(31)13-32-18/h3-6,10,14,17-18H,7-9,11-13H2,1-2H3,(H,25,26)(H,24,27,28). The Kier molecular flexibility index (Phi) is 4.64. The Hall–Kier alpha value is -3.33. The molecule has 0 spiro atoms. The van der Waals surface area contributed by atoms with Crippen LogP contribution in [0.25, 0.3) is 0 Å². The van der Waals surface area contributed by atoms with Gasteiger partial charge in [0.1, 0.15) is 0 Å². The van der Waals surface area contributed by atoms with Crippen molar-refractivity contribution in [2.45, 2.75) is 31.5 Å². The van der Waals surface area contributed by atoms with Crippen molar-refractivity contribution in [1.82, 2.24) is 19.9 Å². The SMILES string of the molecule is CN(C)c1cnc(Nc2ccc(N3CC4CC3CO4)cc2)nc1N1CCc2nc[nH]c2C1. The Labute approximate surface area is 187 Å². The summed E-state index contributed by atoms with van der Waals surface area (Å²) in [6, 6.07) is 9.06. The fraction of sp³-hybridized carbons (Fsp3) is 0.435. The highest BCUT2D eigenvalue weighted by molar-refractivity contribution is 5.69. The second-order valence-corrected chi connectivity index (χ2v) is 8.97. The molecule has 3 aliphatic rings. The molecule has 166 valence electrons. The van der Waals surface area contributed by atoms with Crippen LogP contribution in [0.1, 0.15) is 17.8 Å². The predicted octanol–water partition coefficient (Wildman–Crippen LogP) is 2.55. The van der Waals surface area contributed by atoms with Crippen LogP contribution in [0.15, 0.2) is 36.8 Å². The molecule has 0 amide bonds. The molecule has 6 rings (SSSR count). The zero-order valence-corrected chi connectivity index (χ0v) is 18.5. The number of aromatic nitrogens is 4. The normalized spacial score (nSPS) is 21.7. The van der Waals surface area contributed by atoms with Gasteiger partial charge in [-0.2, -0.15) is 4.98 Å². The van der Waals surface area contributed by atoms with Crippen molar-refractivity contribution in [3.8, 4) is 0 Å². The van der Waals surface area contributed by atoms with Gasteiger partial charge in [0.05, 0.1) is 54.9 Å². The maximum absolute atomic E-state index is 5.73. The molecule has 0 radical (unpaired) electrons. The van der Waals surface area contributed by atoms with Crippen LogP contribution < -0.4 is 20.0 Å². The molecule has 0 aliphatic carbocycles. The van der Waals surface area contributed by atoms with Crippen LogP contribution >= 0.6 is 0 Å². The van der Waals surface area contributed by atoms with E-state index < -0.39 is 0 Å². The third-order valence-corrected chi connectivity index (χ3v) is 6.66. The average Bonchev–Trinajstić information content (AvgIpc) is 3.56. The van der Waals surface area contributed by atoms with E-state index in [1.54, 1.807) is 6.33 Å². The first-order chi connectivity index (χ1) is 15.6. The number of benzene rings is 1. The number of nitrogens with one attached hydrogen (secondary N) is 2. The highest BCUT2D eigenvalue weighted by Crippen LogP contribution is 2.34. The van der Waals surface area contributed by atoms with Crippen molar-refractivity contribution in [2.24, 2.45) is 0 Å². The highest BCUT2D eigenvalue weighted by atomic mass is 16.5. The molecular formula is C23H28N8O. The molecule has 1 aromatic carbocycles. The summed E-state index contributed by atoms with van der Waals surface area (Å²) >= 11 is 0. The van der Waals surface area contributed by atoms with E-state index in [-0.39, 0.29) is 0 Å². The van der Waals surface area contributed by atoms with Gasteiger partial charge < -0.3 is 29.7 Å². The van der Waals surface area contributed by atoms with Crippen LogP contribution in [0.3, 0.4) is 0 Å². The zero-order chi connectivity index (χ0) is 21.7. The van der Waals surface area contributed by atoms with Gasteiger partial charge in [-0.05, 0) is 30.7 Å². The number of anilines is 5. The largest absolute Gasteiger partial charge is 0.374 e. The first kappa shape index (κ1) is 19.4. The first-order valence-corrected chi connectivity index (χ1v) is 11.2. The van der Waals surface area contributed by atoms with Crippen LogP contribution in [-0.2, 0) is 17.7 Å². The van der Waals surface area contributed by atoms with Gasteiger partial charge in [0.2, 0.25) is 5.95 Å². The average molecular weight is 433 g/mol. The number of ether oxygens (including phenoxy) is 1. The van der Waals surface area contributed by atoms with Crippen molar-refractivity contribution in [2.75, 3.05) is 53.8 Å². The van der Waals surface area contributed by atoms with E-state index in [9.17, 15) is 0 Å². The minimum atomic E-state index is 0.396. The quantitative estimate of drug-likeness (QED) is 0.636. The number of imidazole rings is 1. The van der Waals surface area contributed by atoms with Gasteiger partial charge in [-0.3, -0.25) is 0 Å². The lowest BCUT2D eigenvalue weighted by Crippen LogP contribution is -2.36. The summed E-state index contributed by atoms with van der Waals surface area (Å²) in [5.74, 6) is 1.53. The molecule has 3 aliphatic heterocycles. The van der Waals surface area contributed by atoms with Crippen LogP contribution in [0.5, 0.6) is 0 Å². The fourth-order valence-corrected chi connectivity index (χ4v) is 4.95. The van der Waals surface area contributed by atoms with E-state index >= 15 is 0 Å². The summed E-state index contributed by atoms with van der Waals surface area (Å²) < 4.78 is 5.73. The molecule has 2 bridgehead atoms. The molecule has 2 N–H and O–H groups in total. The lowest BCUT2D eigenvalue weighted by molar-refractivity contribution is 0.0991. The van der Waals surface area contributed by atoms with Gasteiger partial charge in [-0.1, -0.05) is 0 Å². The topological polar surface area (TPSA) is 85.4 Å². The minimum absolute atomic E-state index is 0.396. The predicted molar refractivity (Wildman–Crippen MR) is 125 cm³/mol. The number of rotatable bonds is 5. The molecule has 2 unspecified atom stereocenters. The van der Waals surface area contributed by atoms with Gasteiger partial charge in [0, 0.05) is 45.0 Å². The second kappa shape index (κ2) is 7.67. The van der Waals surface area contributed by atoms with Crippen molar-refractivity contribution >= 4 is 28.8 Å². The van der Waals surface area contributed by atoms with Gasteiger partial charge in [-0.15, -0.1) is 0 Å². The van der Waals surface area contributed by atoms with E-state index in [1.807, 2.05) is 20.3 Å². The summed E-state index contributed by atoms with van der Waals surface area (Å²) in [6.07, 6.45) is 6.11. The molecule has 3 aromatic rings. The molecule has 9 heteroatoms. The molecule has 2 saturated heterocycles. The third-order valence-electron chi connectivity index (χ3n) is 6.66. The second-order valence-electron chi connectivity index (χ2n) is 8.97. The molecule has 0 saturated carbocycles. The molecule has 32 heavy (non-hydrogen) atoms. The number of nitrogens with zero attached hydrogens (tertiary/aromatic N) is 6. The molecule has 2 aromatic heterocycles. The molecule has 5 heterocycles. The number of aromatic amines is 1. The number of H-pyrrole nitrogens is 1. The zero-order valence-electron chi connectivity index (χ0n) is 18.5. The van der Waals surface area contributed by atoms with Crippen molar-refractivity contribution in [3.05, 3.63) is 48.2 Å². The van der Waals surface area contributed by atoms with Crippen molar-refractivity contribution < 1.29 is 4.74 Å². The first-order valence-electron chi connectivity index (χ1n) is 11.2. The molecule has 9 nitrogen and oxygen atoms in total. The van der Waals surface area contributed by atoms with Gasteiger partial charge in [0.15, 0.2) is 5.82 Å². The van der Waals surface area contributed by atoms with E-state index in [0.29, 0.717) is 18.1 Å². The highest BCUT2D eigenvalue weighted by Gasteiger charge is 2.38. The lowest BCUT2D eigenvalue weighted by Gasteiger charge is -2.30. The van der Waals surface area contributed by atoms with E-state index in [1.165, 1.54) is 5.69 Å². The van der Waals surface area contributed by atoms with Gasteiger partial charge >= 0.3 is 0 Å². The summed E-state index contributed by atoms with van der Waals surface area (Å²) in [5, 5.41) is 3.38. The van der Waals surface area contributed by atoms with Crippen LogP contribution in [0.4, 0.5) is 28.8 Å². The Balaban J connectivity index is 1.22. The molecular weight excluding hydrogens is 404 g/mol. The maximum atomic E-state index is 5.73. The summed E-state index contributed by atoms with van der Waals surface area (Å²) in [5.41, 5.74) is 5.54. The van der Waals surface area contributed by atoms with Gasteiger partial charge in [0.25, 0.3) is 0 Å². The van der Waals surface area contributed by atoms with Crippen molar-refractivity contribution in [3.63, 3.8) is 0 Å². The van der Waals surface area contributed by atoms with Crippen LogP contribution in [-0.4, -0.2) is 65.9 Å². The lowest BCUT2D eigenvalue weighted by atomic mass is 10.1. The third kappa shape index (κ3) is 3.42. The van der Waals surface area contributed by atoms with Crippen LogP contribution in [0.2, 0.25) is 0 Å². The number of hydrogen-bond donors (Lipinski definition) is 2. The van der Waals surface area contributed by atoms with E-state index in [2.05, 4.69) is 59.2 Å². The summed E-state index contributed by atoms with van der Waals surface area (Å²) in [4.78, 5) is 24.0. The van der Waals surface area contributed by atoms with Crippen molar-refractivity contribution in [1.29, 1.82) is 0 Å². The summed E-state index contributed by atoms with van der Waals surface area (Å²) in [6.45, 7) is 3.48.